The van der Waals surface area contributed by atoms with Gasteiger partial charge in [-0.2, -0.15) is 9.13 Å². The molecule has 0 aliphatic heterocycles. The van der Waals surface area contributed by atoms with Crippen LogP contribution in [0.15, 0.2) is 84.9 Å². The van der Waals surface area contributed by atoms with Crippen molar-refractivity contribution in [3.8, 4) is 21.1 Å². The van der Waals surface area contributed by atoms with E-state index in [9.17, 15) is 0 Å². The Kier molecular flexibility index (Phi) is 5.99. The minimum absolute atomic E-state index is 0.618. The van der Waals surface area contributed by atoms with Crippen molar-refractivity contribution in [2.24, 2.45) is 14.1 Å². The van der Waals surface area contributed by atoms with Gasteiger partial charge < -0.3 is 0 Å². The zero-order valence-electron chi connectivity index (χ0n) is 21.2. The van der Waals surface area contributed by atoms with Crippen molar-refractivity contribution < 1.29 is 13.5 Å². The van der Waals surface area contributed by atoms with Crippen LogP contribution >= 0.6 is 31.9 Å². The molecule has 4 aromatic heterocycles. The quantitative estimate of drug-likeness (QED) is 0.165. The van der Waals surface area contributed by atoms with E-state index in [-0.39, 0.29) is 0 Å². The first-order chi connectivity index (χ1) is 17.8. The molecular weight excluding hydrogens is 514 g/mol. The zero-order chi connectivity index (χ0) is 25.9. The molecule has 6 heteroatoms. The van der Waals surface area contributed by atoms with Crippen LogP contribution in [0.1, 0.15) is 23.9 Å². The topological polar surface area (TPSA) is 7.76 Å². The highest BCUT2D eigenvalue weighted by molar-refractivity contribution is 7.35. The van der Waals surface area contributed by atoms with Gasteiger partial charge in [-0.05, 0) is 49.1 Å². The Morgan fingerprint density at radius 1 is 0.676 bits per heavy atom. The molecule has 184 valence electrons. The largest absolute Gasteiger partial charge is 0.273 e. The fourth-order valence-electron chi connectivity index (χ4n) is 5.37. The van der Waals surface area contributed by atoms with Crippen molar-refractivity contribution in [3.63, 3.8) is 0 Å². The molecule has 0 spiro atoms. The molecule has 0 saturated heterocycles. The van der Waals surface area contributed by atoms with Gasteiger partial charge in [-0.1, -0.05) is 36.4 Å². The number of alkyl halides is 1. The molecule has 2 aromatic carbocycles. The van der Waals surface area contributed by atoms with Crippen molar-refractivity contribution in [2.75, 3.05) is 0 Å². The lowest BCUT2D eigenvalue weighted by molar-refractivity contribution is -0.690. The predicted octanol–water partition coefficient (Wildman–Crippen LogP) is 7.14. The number of thiophene rings is 2. The molecule has 2 nitrogen and oxygen atoms in total. The van der Waals surface area contributed by atoms with Crippen LogP contribution in [0.3, 0.4) is 0 Å². The number of hydrogen-bond donors (Lipinski definition) is 0. The summed E-state index contributed by atoms with van der Waals surface area (Å²) in [7, 11) is 6.84. The third kappa shape index (κ3) is 3.84. The zero-order valence-corrected chi connectivity index (χ0v) is 24.0. The van der Waals surface area contributed by atoms with Crippen LogP contribution in [-0.2, 0) is 19.8 Å². The average molecular weight is 543 g/mol. The van der Waals surface area contributed by atoms with Crippen LogP contribution in [-0.4, -0.2) is 0 Å². The summed E-state index contributed by atoms with van der Waals surface area (Å²) >= 11 is 3.51. The second-order valence-corrected chi connectivity index (χ2v) is 12.3. The standard InChI is InChI=1S/C31H28FN2PS2/c1-19-20-11-5-7-15-24(20)36-29(19)22-13-9-17-26(33(22)3)31(2,32)27-18-10-14-23(34(27)4)30-28(35)21-12-6-8-16-25(21)37-30/h5-18H,35H2,1-4H3/q+2. The summed E-state index contributed by atoms with van der Waals surface area (Å²) in [5, 5.41) is 3.63. The Morgan fingerprint density at radius 2 is 1.16 bits per heavy atom. The summed E-state index contributed by atoms with van der Waals surface area (Å²) in [4.78, 5) is 2.32. The maximum absolute atomic E-state index is 17.0. The van der Waals surface area contributed by atoms with Crippen LogP contribution < -0.4 is 14.4 Å². The first-order valence-electron chi connectivity index (χ1n) is 12.2. The van der Waals surface area contributed by atoms with Crippen molar-refractivity contribution in [3.05, 3.63) is 102 Å². The summed E-state index contributed by atoms with van der Waals surface area (Å²) in [6.45, 7) is 3.83. The monoisotopic (exact) mass is 542 g/mol. The van der Waals surface area contributed by atoms with E-state index in [2.05, 4.69) is 76.8 Å². The highest BCUT2D eigenvalue weighted by atomic mass is 32.1. The van der Waals surface area contributed by atoms with Crippen LogP contribution in [0, 0.1) is 6.92 Å². The Balaban J connectivity index is 1.49. The average Bonchev–Trinajstić information content (AvgIpc) is 3.41. The number of nitrogens with zero attached hydrogens (tertiary/aromatic N) is 2. The third-order valence-corrected chi connectivity index (χ3v) is 10.7. The van der Waals surface area contributed by atoms with Gasteiger partial charge in [0.05, 0.1) is 0 Å². The molecule has 0 bridgehead atoms. The van der Waals surface area contributed by atoms with Crippen molar-refractivity contribution in [1.82, 2.24) is 0 Å². The molecule has 0 amide bonds. The molecule has 0 aliphatic rings. The molecule has 0 saturated carbocycles. The van der Waals surface area contributed by atoms with E-state index >= 15 is 4.39 Å². The number of halogens is 1. The van der Waals surface area contributed by atoms with Gasteiger partial charge in [-0.3, -0.25) is 0 Å². The van der Waals surface area contributed by atoms with Crippen LogP contribution in [0.4, 0.5) is 4.39 Å². The van der Waals surface area contributed by atoms with Crippen LogP contribution in [0.2, 0.25) is 0 Å². The molecule has 37 heavy (non-hydrogen) atoms. The number of rotatable bonds is 4. The second kappa shape index (κ2) is 9.09. The molecule has 0 fully saturated rings. The second-order valence-electron chi connectivity index (χ2n) is 9.61. The lowest BCUT2D eigenvalue weighted by Gasteiger charge is -2.18. The summed E-state index contributed by atoms with van der Waals surface area (Å²) in [5.74, 6) is 0. The maximum Gasteiger partial charge on any atom is 0.273 e. The molecule has 6 rings (SSSR count). The summed E-state index contributed by atoms with van der Waals surface area (Å²) in [6, 6.07) is 28.8. The van der Waals surface area contributed by atoms with Gasteiger partial charge in [0.2, 0.25) is 22.8 Å². The SMILES string of the molecule is Cc1c(-c2cccc(C(C)(F)c3cccc(-c4sc5ccccc5c4P)[n+]3C)[n+]2C)sc2ccccc12. The molecular formula is C31H28FN2PS2+2. The van der Waals surface area contributed by atoms with Gasteiger partial charge >= 0.3 is 0 Å². The van der Waals surface area contributed by atoms with Gasteiger partial charge in [0.15, 0.2) is 0 Å². The summed E-state index contributed by atoms with van der Waals surface area (Å²) in [6.07, 6.45) is 0. The minimum Gasteiger partial charge on any atom is -0.220 e. The Labute approximate surface area is 226 Å². The number of aryl methyl sites for hydroxylation is 1. The minimum atomic E-state index is -1.71. The number of fused-ring (bicyclic) bond motifs is 2. The van der Waals surface area contributed by atoms with E-state index in [4.69, 9.17) is 0 Å². The van der Waals surface area contributed by atoms with Gasteiger partial charge in [0.1, 0.15) is 23.8 Å². The fourth-order valence-corrected chi connectivity index (χ4v) is 8.51. The van der Waals surface area contributed by atoms with E-state index in [0.29, 0.717) is 11.4 Å². The number of hydrogen-bond acceptors (Lipinski definition) is 2. The normalized spacial score (nSPS) is 13.4. The molecule has 0 N–H and O–H groups in total. The van der Waals surface area contributed by atoms with Crippen molar-refractivity contribution in [2.45, 2.75) is 19.5 Å². The van der Waals surface area contributed by atoms with Gasteiger partial charge in [-0.15, -0.1) is 31.9 Å². The lowest BCUT2D eigenvalue weighted by Crippen LogP contribution is -2.48. The fraction of sp³-hybridized carbons (Fsp3) is 0.161. The molecule has 0 radical (unpaired) electrons. The first kappa shape index (κ1) is 24.4. The molecule has 2 atom stereocenters. The Morgan fingerprint density at radius 3 is 1.73 bits per heavy atom. The van der Waals surface area contributed by atoms with E-state index in [0.717, 1.165) is 21.6 Å². The lowest BCUT2D eigenvalue weighted by atomic mass is 9.96. The highest BCUT2D eigenvalue weighted by Crippen LogP contribution is 2.38. The number of benzene rings is 2. The van der Waals surface area contributed by atoms with Gasteiger partial charge in [0, 0.05) is 44.4 Å². The molecule has 0 aliphatic carbocycles. The van der Waals surface area contributed by atoms with E-state index < -0.39 is 5.67 Å². The molecule has 6 aromatic rings. The van der Waals surface area contributed by atoms with Gasteiger partial charge in [0.25, 0.3) is 5.67 Å². The summed E-state index contributed by atoms with van der Waals surface area (Å²) < 4.78 is 23.5. The molecule has 2 unspecified atom stereocenters. The van der Waals surface area contributed by atoms with Crippen LogP contribution in [0.25, 0.3) is 41.3 Å². The highest BCUT2D eigenvalue weighted by Gasteiger charge is 2.44. The smallest absolute Gasteiger partial charge is 0.220 e. The summed E-state index contributed by atoms with van der Waals surface area (Å²) in [5.41, 5.74) is 2.80. The van der Waals surface area contributed by atoms with E-state index in [1.807, 2.05) is 47.5 Å². The number of aromatic nitrogens is 2. The maximum atomic E-state index is 17.0. The van der Waals surface area contributed by atoms with Crippen molar-refractivity contribution >= 4 is 57.4 Å². The number of pyridine rings is 2. The first-order valence-corrected chi connectivity index (χ1v) is 14.4. The Bertz CT molecular complexity index is 1680. The molecule has 4 heterocycles. The third-order valence-electron chi connectivity index (χ3n) is 7.37. The van der Waals surface area contributed by atoms with Gasteiger partial charge in [-0.25, -0.2) is 4.39 Å². The van der Waals surface area contributed by atoms with E-state index in [1.165, 1.54) is 30.6 Å². The Hall–Kier alpha value is -2.98. The van der Waals surface area contributed by atoms with Crippen molar-refractivity contribution in [1.29, 1.82) is 0 Å². The van der Waals surface area contributed by atoms with E-state index in [1.54, 1.807) is 29.6 Å². The predicted molar refractivity (Wildman–Crippen MR) is 159 cm³/mol. The van der Waals surface area contributed by atoms with Crippen LogP contribution in [0.5, 0.6) is 0 Å².